The van der Waals surface area contributed by atoms with E-state index in [0.717, 1.165) is 4.90 Å². The van der Waals surface area contributed by atoms with Crippen LogP contribution in [0.15, 0.2) is 36.4 Å². The number of imide groups is 1. The van der Waals surface area contributed by atoms with Gasteiger partial charge in [0, 0.05) is 16.1 Å². The lowest BCUT2D eigenvalue weighted by molar-refractivity contribution is -0.112. The average molecular weight is 408 g/mol. The second-order valence-corrected chi connectivity index (χ2v) is 7.83. The molecule has 0 saturated heterocycles. The van der Waals surface area contributed by atoms with Crippen LogP contribution in [0.25, 0.3) is 11.6 Å². The zero-order valence-corrected chi connectivity index (χ0v) is 16.4. The van der Waals surface area contributed by atoms with Crippen LogP contribution in [-0.2, 0) is 9.53 Å². The topological polar surface area (TPSA) is 46.6 Å². The van der Waals surface area contributed by atoms with Crippen LogP contribution >= 0.6 is 23.2 Å². The molecule has 0 radical (unpaired) electrons. The van der Waals surface area contributed by atoms with Crippen molar-refractivity contribution in [3.63, 3.8) is 0 Å². The van der Waals surface area contributed by atoms with Gasteiger partial charge in [0.05, 0.1) is 16.3 Å². The molecule has 0 fully saturated rings. The number of ether oxygens (including phenoxy) is 1. The van der Waals surface area contributed by atoms with Crippen molar-refractivity contribution >= 4 is 52.5 Å². The Labute approximate surface area is 166 Å². The lowest BCUT2D eigenvalue weighted by atomic mass is 10.0. The first-order valence-corrected chi connectivity index (χ1v) is 8.87. The van der Waals surface area contributed by atoms with E-state index in [1.807, 2.05) is 0 Å². The Morgan fingerprint density at radius 1 is 1.19 bits per heavy atom. The van der Waals surface area contributed by atoms with Crippen LogP contribution in [0, 0.1) is 5.82 Å². The first kappa shape index (κ1) is 19.4. The molecule has 1 heterocycles. The highest BCUT2D eigenvalue weighted by Gasteiger charge is 2.39. The minimum absolute atomic E-state index is 0.0601. The highest BCUT2D eigenvalue weighted by Crippen LogP contribution is 2.40. The number of halogens is 3. The third-order valence-corrected chi connectivity index (χ3v) is 4.31. The van der Waals surface area contributed by atoms with E-state index < -0.39 is 23.4 Å². The molecule has 0 saturated carbocycles. The van der Waals surface area contributed by atoms with Gasteiger partial charge in [0.15, 0.2) is 0 Å². The van der Waals surface area contributed by atoms with E-state index in [1.165, 1.54) is 24.3 Å². The Kier molecular flexibility index (Phi) is 5.02. The Morgan fingerprint density at radius 2 is 1.89 bits per heavy atom. The number of rotatable bonds is 1. The van der Waals surface area contributed by atoms with E-state index >= 15 is 0 Å². The second-order valence-electron chi connectivity index (χ2n) is 6.98. The largest absolute Gasteiger partial charge is 0.443 e. The summed E-state index contributed by atoms with van der Waals surface area (Å²) in [7, 11) is 0. The summed E-state index contributed by atoms with van der Waals surface area (Å²) in [6.45, 7) is 5.09. The van der Waals surface area contributed by atoms with Crippen molar-refractivity contribution in [2.45, 2.75) is 26.4 Å². The van der Waals surface area contributed by atoms with Crippen molar-refractivity contribution in [3.8, 4) is 0 Å². The second kappa shape index (κ2) is 6.98. The fourth-order valence-corrected chi connectivity index (χ4v) is 3.03. The minimum atomic E-state index is -0.828. The van der Waals surface area contributed by atoms with Crippen molar-refractivity contribution in [1.82, 2.24) is 0 Å². The maximum atomic E-state index is 14.3. The molecule has 27 heavy (non-hydrogen) atoms. The molecular weight excluding hydrogens is 392 g/mol. The summed E-state index contributed by atoms with van der Waals surface area (Å²) in [5, 5.41) is 0.292. The smallest absolute Gasteiger partial charge is 0.422 e. The molecule has 0 aromatic heterocycles. The summed E-state index contributed by atoms with van der Waals surface area (Å²) < 4.78 is 19.6. The predicted molar refractivity (Wildman–Crippen MR) is 104 cm³/mol. The molecule has 4 nitrogen and oxygen atoms in total. The molecule has 7 heteroatoms. The highest BCUT2D eigenvalue weighted by atomic mass is 35.5. The first-order chi connectivity index (χ1) is 12.6. The van der Waals surface area contributed by atoms with Gasteiger partial charge in [-0.3, -0.25) is 4.79 Å². The van der Waals surface area contributed by atoms with Gasteiger partial charge >= 0.3 is 6.09 Å². The maximum absolute atomic E-state index is 14.3. The van der Waals surface area contributed by atoms with Crippen molar-refractivity contribution < 1.29 is 18.7 Å². The van der Waals surface area contributed by atoms with Gasteiger partial charge in [-0.05, 0) is 45.0 Å². The van der Waals surface area contributed by atoms with Crippen LogP contribution in [0.3, 0.4) is 0 Å². The summed E-state index contributed by atoms with van der Waals surface area (Å²) in [6, 6.07) is 9.17. The number of hydrogen-bond donors (Lipinski definition) is 0. The van der Waals surface area contributed by atoms with E-state index in [0.29, 0.717) is 10.6 Å². The van der Waals surface area contributed by atoms with Crippen molar-refractivity contribution in [1.29, 1.82) is 0 Å². The fourth-order valence-electron chi connectivity index (χ4n) is 2.68. The Hall–Kier alpha value is -2.37. The molecule has 0 aliphatic carbocycles. The monoisotopic (exact) mass is 407 g/mol. The predicted octanol–water partition coefficient (Wildman–Crippen LogP) is 5.95. The van der Waals surface area contributed by atoms with Gasteiger partial charge in [0.1, 0.15) is 11.4 Å². The van der Waals surface area contributed by atoms with Gasteiger partial charge in [0.2, 0.25) is 0 Å². The van der Waals surface area contributed by atoms with Gasteiger partial charge in [-0.25, -0.2) is 14.1 Å². The number of carbonyl (C=O) groups excluding carboxylic acids is 2. The lowest BCUT2D eigenvalue weighted by Gasteiger charge is -2.23. The third-order valence-electron chi connectivity index (χ3n) is 3.78. The maximum Gasteiger partial charge on any atom is 0.422 e. The molecule has 0 N–H and O–H groups in total. The molecule has 0 unspecified atom stereocenters. The summed E-state index contributed by atoms with van der Waals surface area (Å²) in [5.41, 5.74) is 0.235. The average Bonchev–Trinajstić information content (AvgIpc) is 2.81. The molecule has 0 spiro atoms. The normalized spacial score (nSPS) is 15.3. The molecule has 3 rings (SSSR count). The van der Waals surface area contributed by atoms with Crippen molar-refractivity contribution in [3.05, 3.63) is 63.4 Å². The zero-order chi connectivity index (χ0) is 19.9. The Balaban J connectivity index is 2.13. The number of amides is 2. The Morgan fingerprint density at radius 3 is 2.56 bits per heavy atom. The molecule has 0 atom stereocenters. The fraction of sp³-hybridized carbons (Fsp3) is 0.200. The first-order valence-electron chi connectivity index (χ1n) is 8.11. The standard InChI is InChI=1S/C20H16Cl2FNO3/c1-20(2,3)27-19(26)24-16-10-12(21)7-8-13(16)14(18(24)25)9-11-5-4-6-15(22)17(11)23/h4-10H,1-3H3/b14-9+. The number of carbonyl (C=O) groups is 2. The molecule has 0 bridgehead atoms. The van der Waals surface area contributed by atoms with Crippen LogP contribution in [0.4, 0.5) is 14.9 Å². The molecule has 2 amide bonds. The minimum Gasteiger partial charge on any atom is -0.443 e. The molecule has 2 aromatic carbocycles. The van der Waals surface area contributed by atoms with Crippen molar-refractivity contribution in [2.24, 2.45) is 0 Å². The van der Waals surface area contributed by atoms with Crippen molar-refractivity contribution in [2.75, 3.05) is 4.90 Å². The van der Waals surface area contributed by atoms with Gasteiger partial charge in [-0.2, -0.15) is 0 Å². The number of benzene rings is 2. The van der Waals surface area contributed by atoms with Gasteiger partial charge in [0.25, 0.3) is 5.91 Å². The zero-order valence-electron chi connectivity index (χ0n) is 14.8. The number of hydrogen-bond acceptors (Lipinski definition) is 3. The summed E-state index contributed by atoms with van der Waals surface area (Å²) in [4.78, 5) is 26.4. The summed E-state index contributed by atoms with van der Waals surface area (Å²) >= 11 is 11.9. The Bertz CT molecular complexity index is 980. The molecular formula is C20H16Cl2FNO3. The van der Waals surface area contributed by atoms with Crippen LogP contribution in [0.2, 0.25) is 10.0 Å². The van der Waals surface area contributed by atoms with E-state index in [4.69, 9.17) is 27.9 Å². The number of anilines is 1. The lowest BCUT2D eigenvalue weighted by Crippen LogP contribution is -2.38. The SMILES string of the molecule is CC(C)(C)OC(=O)N1C(=O)/C(=C/c2cccc(Cl)c2F)c2ccc(Cl)cc21. The summed E-state index contributed by atoms with van der Waals surface area (Å²) in [6.07, 6.45) is 0.534. The van der Waals surface area contributed by atoms with E-state index in [-0.39, 0.29) is 21.8 Å². The van der Waals surface area contributed by atoms with Crippen LogP contribution in [0.1, 0.15) is 31.9 Å². The molecule has 140 valence electrons. The highest BCUT2D eigenvalue weighted by molar-refractivity contribution is 6.42. The van der Waals surface area contributed by atoms with Crippen LogP contribution < -0.4 is 4.90 Å². The molecule has 2 aromatic rings. The quantitative estimate of drug-likeness (QED) is 0.548. The number of nitrogens with zero attached hydrogens (tertiary/aromatic N) is 1. The number of fused-ring (bicyclic) bond motifs is 1. The van der Waals surface area contributed by atoms with Crippen LogP contribution in [0.5, 0.6) is 0 Å². The molecule has 1 aliphatic rings. The van der Waals surface area contributed by atoms with E-state index in [2.05, 4.69) is 0 Å². The third kappa shape index (κ3) is 3.84. The molecule has 1 aliphatic heterocycles. The van der Waals surface area contributed by atoms with Crippen LogP contribution in [-0.4, -0.2) is 17.6 Å². The van der Waals surface area contributed by atoms with Gasteiger partial charge in [-0.15, -0.1) is 0 Å². The van der Waals surface area contributed by atoms with Gasteiger partial charge < -0.3 is 4.74 Å². The van der Waals surface area contributed by atoms with Gasteiger partial charge in [-0.1, -0.05) is 41.4 Å². The summed E-state index contributed by atoms with van der Waals surface area (Å²) in [5.74, 6) is -1.27. The van der Waals surface area contributed by atoms with E-state index in [1.54, 1.807) is 39.0 Å². The van der Waals surface area contributed by atoms with E-state index in [9.17, 15) is 14.0 Å².